The molecule has 0 amide bonds. The van der Waals surface area contributed by atoms with Crippen LogP contribution in [0.1, 0.15) is 36.6 Å². The van der Waals surface area contributed by atoms with Crippen molar-refractivity contribution in [2.45, 2.75) is 45.7 Å². The quantitative estimate of drug-likeness (QED) is 0.353. The molecule has 5 aromatic rings. The van der Waals surface area contributed by atoms with Gasteiger partial charge < -0.3 is 10.3 Å². The van der Waals surface area contributed by atoms with Crippen LogP contribution in [0.3, 0.4) is 0 Å². The fourth-order valence-corrected chi connectivity index (χ4v) is 4.57. The number of benzene rings is 2. The molecule has 2 aromatic carbocycles. The first-order chi connectivity index (χ1) is 15.7. The normalized spacial score (nSPS) is 11.5. The lowest BCUT2D eigenvalue weighted by atomic mass is 10.0. The number of aromatic nitrogens is 4. The van der Waals surface area contributed by atoms with E-state index in [1.165, 1.54) is 22.2 Å². The zero-order valence-electron chi connectivity index (χ0n) is 18.5. The van der Waals surface area contributed by atoms with Gasteiger partial charge in [-0.1, -0.05) is 55.5 Å². The molecule has 0 fully saturated rings. The maximum absolute atomic E-state index is 6.30. The largest absolute Gasteiger partial charge is 0.382 e. The van der Waals surface area contributed by atoms with Crippen LogP contribution < -0.4 is 5.73 Å². The summed E-state index contributed by atoms with van der Waals surface area (Å²) < 4.78 is 4.41. The number of para-hydroxylation sites is 1. The average Bonchev–Trinajstić information content (AvgIpc) is 3.40. The van der Waals surface area contributed by atoms with Crippen LogP contribution in [0, 0.1) is 0 Å². The first-order valence-corrected chi connectivity index (χ1v) is 11.4. The molecule has 3 heterocycles. The highest BCUT2D eigenvalue weighted by Gasteiger charge is 2.17. The summed E-state index contributed by atoms with van der Waals surface area (Å²) >= 11 is 0. The fraction of sp³-hybridized carbons (Fsp3) is 0.259. The number of hydrogen-bond donors (Lipinski definition) is 1. The monoisotopic (exact) mass is 423 g/mol. The zero-order valence-corrected chi connectivity index (χ0v) is 18.5. The average molecular weight is 424 g/mol. The second kappa shape index (κ2) is 8.87. The van der Waals surface area contributed by atoms with E-state index in [4.69, 9.17) is 10.8 Å². The Labute approximate surface area is 188 Å². The summed E-state index contributed by atoms with van der Waals surface area (Å²) in [6.07, 6.45) is 8.56. The Morgan fingerprint density at radius 2 is 1.72 bits per heavy atom. The van der Waals surface area contributed by atoms with Gasteiger partial charge >= 0.3 is 0 Å². The SMILES string of the molecule is CCCn1nc2c(N)nc3ccccc3c2c1CCCc1ccn(Cc2ccccc2)c1. The van der Waals surface area contributed by atoms with Crippen LogP contribution in [0.5, 0.6) is 0 Å². The molecule has 0 aliphatic carbocycles. The molecule has 162 valence electrons. The lowest BCUT2D eigenvalue weighted by Crippen LogP contribution is -2.05. The van der Waals surface area contributed by atoms with Crippen LogP contribution in [0.2, 0.25) is 0 Å². The van der Waals surface area contributed by atoms with Crippen molar-refractivity contribution in [3.63, 3.8) is 0 Å². The minimum Gasteiger partial charge on any atom is -0.382 e. The molecule has 0 aliphatic heterocycles. The Kier molecular flexibility index (Phi) is 5.63. The maximum Gasteiger partial charge on any atom is 0.152 e. The minimum absolute atomic E-state index is 0.521. The van der Waals surface area contributed by atoms with Crippen molar-refractivity contribution >= 4 is 27.6 Å². The van der Waals surface area contributed by atoms with Gasteiger partial charge in [-0.05, 0) is 48.9 Å². The number of rotatable bonds is 8. The molecule has 5 rings (SSSR count). The number of fused-ring (bicyclic) bond motifs is 3. The van der Waals surface area contributed by atoms with Gasteiger partial charge in [-0.2, -0.15) is 5.10 Å². The van der Waals surface area contributed by atoms with E-state index >= 15 is 0 Å². The van der Waals surface area contributed by atoms with Crippen molar-refractivity contribution in [2.24, 2.45) is 0 Å². The lowest BCUT2D eigenvalue weighted by molar-refractivity contribution is 0.572. The molecule has 2 N–H and O–H groups in total. The first-order valence-electron chi connectivity index (χ1n) is 11.4. The summed E-state index contributed by atoms with van der Waals surface area (Å²) in [7, 11) is 0. The van der Waals surface area contributed by atoms with Crippen LogP contribution in [0.25, 0.3) is 21.8 Å². The maximum atomic E-state index is 6.30. The number of nitrogen functional groups attached to an aromatic ring is 1. The molecule has 0 saturated carbocycles. The molecule has 0 atom stereocenters. The highest BCUT2D eigenvalue weighted by Crippen LogP contribution is 2.31. The van der Waals surface area contributed by atoms with Crippen LogP contribution in [0.15, 0.2) is 73.1 Å². The third kappa shape index (κ3) is 3.98. The lowest BCUT2D eigenvalue weighted by Gasteiger charge is -2.08. The number of hydrogen-bond acceptors (Lipinski definition) is 3. The molecule has 0 spiro atoms. The van der Waals surface area contributed by atoms with Crippen LogP contribution in [-0.4, -0.2) is 19.3 Å². The van der Waals surface area contributed by atoms with E-state index in [1.54, 1.807) is 0 Å². The van der Waals surface area contributed by atoms with Gasteiger partial charge in [-0.25, -0.2) is 4.98 Å². The predicted molar refractivity (Wildman–Crippen MR) is 132 cm³/mol. The van der Waals surface area contributed by atoms with Crippen molar-refractivity contribution in [3.8, 4) is 0 Å². The highest BCUT2D eigenvalue weighted by molar-refractivity contribution is 6.09. The van der Waals surface area contributed by atoms with Gasteiger partial charge in [0.2, 0.25) is 0 Å². The Bertz CT molecular complexity index is 1350. The highest BCUT2D eigenvalue weighted by atomic mass is 15.3. The van der Waals surface area contributed by atoms with E-state index in [0.29, 0.717) is 5.82 Å². The molecular formula is C27H29N5. The number of nitrogens with two attached hydrogens (primary N) is 1. The summed E-state index contributed by atoms with van der Waals surface area (Å²) in [5, 5.41) is 7.17. The second-order valence-corrected chi connectivity index (χ2v) is 8.44. The number of pyridine rings is 1. The summed E-state index contributed by atoms with van der Waals surface area (Å²) in [5.41, 5.74) is 12.0. The van der Waals surface area contributed by atoms with Crippen molar-refractivity contribution in [1.82, 2.24) is 19.3 Å². The van der Waals surface area contributed by atoms with Crippen molar-refractivity contribution in [3.05, 3.63) is 89.9 Å². The number of aryl methyl sites for hydroxylation is 3. The van der Waals surface area contributed by atoms with Gasteiger partial charge in [-0.3, -0.25) is 4.68 Å². The third-order valence-electron chi connectivity index (χ3n) is 6.05. The summed E-state index contributed by atoms with van der Waals surface area (Å²) in [5.74, 6) is 0.521. The van der Waals surface area contributed by atoms with Crippen molar-refractivity contribution in [1.29, 1.82) is 0 Å². The van der Waals surface area contributed by atoms with Crippen LogP contribution in [-0.2, 0) is 25.9 Å². The molecular weight excluding hydrogens is 394 g/mol. The molecule has 0 saturated heterocycles. The number of nitrogens with zero attached hydrogens (tertiary/aromatic N) is 4. The van der Waals surface area contributed by atoms with Gasteiger partial charge in [0.1, 0.15) is 5.52 Å². The van der Waals surface area contributed by atoms with E-state index in [2.05, 4.69) is 82.1 Å². The molecule has 0 radical (unpaired) electrons. The van der Waals surface area contributed by atoms with E-state index in [0.717, 1.165) is 55.2 Å². The van der Waals surface area contributed by atoms with E-state index in [9.17, 15) is 0 Å². The van der Waals surface area contributed by atoms with E-state index in [1.807, 2.05) is 12.1 Å². The Hall–Kier alpha value is -3.60. The van der Waals surface area contributed by atoms with Gasteiger partial charge in [0.05, 0.1) is 5.52 Å². The Morgan fingerprint density at radius 1 is 0.906 bits per heavy atom. The van der Waals surface area contributed by atoms with Crippen molar-refractivity contribution < 1.29 is 0 Å². The number of anilines is 1. The fourth-order valence-electron chi connectivity index (χ4n) is 4.57. The molecule has 0 bridgehead atoms. The van der Waals surface area contributed by atoms with Gasteiger partial charge in [0.15, 0.2) is 5.82 Å². The van der Waals surface area contributed by atoms with Crippen molar-refractivity contribution in [2.75, 3.05) is 5.73 Å². The first kappa shape index (κ1) is 20.3. The van der Waals surface area contributed by atoms with E-state index < -0.39 is 0 Å². The van der Waals surface area contributed by atoms with Crippen LogP contribution >= 0.6 is 0 Å². The minimum atomic E-state index is 0.521. The zero-order chi connectivity index (χ0) is 21.9. The molecule has 3 aromatic heterocycles. The topological polar surface area (TPSA) is 61.7 Å². The third-order valence-corrected chi connectivity index (χ3v) is 6.05. The van der Waals surface area contributed by atoms with E-state index in [-0.39, 0.29) is 0 Å². The molecule has 0 aliphatic rings. The summed E-state index contributed by atoms with van der Waals surface area (Å²) in [6.45, 7) is 3.99. The Morgan fingerprint density at radius 3 is 2.56 bits per heavy atom. The van der Waals surface area contributed by atoms with Crippen LogP contribution in [0.4, 0.5) is 5.82 Å². The predicted octanol–water partition coefficient (Wildman–Crippen LogP) is 5.60. The smallest absolute Gasteiger partial charge is 0.152 e. The molecule has 5 nitrogen and oxygen atoms in total. The second-order valence-electron chi connectivity index (χ2n) is 8.44. The molecule has 0 unspecified atom stereocenters. The summed E-state index contributed by atoms with van der Waals surface area (Å²) in [4.78, 5) is 4.58. The standard InChI is InChI=1S/C27H29N5/c1-2-16-32-24(25-22-12-6-7-13-23(22)29-27(28)26(25)30-32)14-8-11-21-15-17-31(19-21)18-20-9-4-3-5-10-20/h3-7,9-10,12-13,15,17,19H,2,8,11,14,16,18H2,1H3,(H2,28,29). The van der Waals surface area contributed by atoms with Gasteiger partial charge in [0, 0.05) is 41.9 Å². The van der Waals surface area contributed by atoms with Gasteiger partial charge in [-0.15, -0.1) is 0 Å². The summed E-state index contributed by atoms with van der Waals surface area (Å²) in [6, 6.07) is 21.1. The Balaban J connectivity index is 1.38. The molecule has 5 heteroatoms. The van der Waals surface area contributed by atoms with Gasteiger partial charge in [0.25, 0.3) is 0 Å². The molecule has 32 heavy (non-hydrogen) atoms.